The third-order valence-electron chi connectivity index (χ3n) is 9.91. The Hall–Kier alpha value is -8.43. The second-order valence-corrected chi connectivity index (χ2v) is 16.9. The van der Waals surface area contributed by atoms with E-state index in [1.807, 2.05) is 0 Å². The highest BCUT2D eigenvalue weighted by atomic mass is 32.2. The minimum atomic E-state index is -4.01. The lowest BCUT2D eigenvalue weighted by Crippen LogP contribution is -2.15. The zero-order valence-corrected chi connectivity index (χ0v) is 37.2. The highest BCUT2D eigenvalue weighted by molar-refractivity contribution is 7.91. The molecule has 0 heterocycles. The molecule has 6 rings (SSSR count). The lowest BCUT2D eigenvalue weighted by Gasteiger charge is -2.14. The average molecular weight is 921 g/mol. The maximum Gasteiger partial charge on any atom is 0.333 e. The molecule has 0 radical (unpaired) electrons. The van der Waals surface area contributed by atoms with Crippen molar-refractivity contribution in [3.8, 4) is 23.0 Å². The van der Waals surface area contributed by atoms with Crippen LogP contribution in [0.1, 0.15) is 66.4 Å². The maximum absolute atomic E-state index is 13.7. The summed E-state index contributed by atoms with van der Waals surface area (Å²) in [5.41, 5.74) is 3.00. The number of hydrogen-bond acceptors (Lipinski definition) is 12. The van der Waals surface area contributed by atoms with Crippen LogP contribution < -0.4 is 20.1 Å². The van der Waals surface area contributed by atoms with Crippen LogP contribution in [0.3, 0.4) is 0 Å². The van der Waals surface area contributed by atoms with Crippen LogP contribution in [0.4, 0.5) is 11.4 Å². The molecule has 0 atom stereocenters. The minimum Gasteiger partial charge on any atom is -0.462 e. The van der Waals surface area contributed by atoms with E-state index in [1.165, 1.54) is 60.7 Å². The van der Waals surface area contributed by atoms with Crippen molar-refractivity contribution in [3.05, 3.63) is 191 Å². The molecule has 0 bridgehead atoms. The summed E-state index contributed by atoms with van der Waals surface area (Å²) < 4.78 is 49.7. The molecule has 0 saturated carbocycles. The molecule has 15 heteroatoms. The zero-order valence-electron chi connectivity index (χ0n) is 36.4. The van der Waals surface area contributed by atoms with Gasteiger partial charge in [0.2, 0.25) is 9.84 Å². The van der Waals surface area contributed by atoms with Gasteiger partial charge in [-0.05, 0) is 122 Å². The molecule has 6 aromatic rings. The summed E-state index contributed by atoms with van der Waals surface area (Å²) in [6, 6.07) is 34.1. The van der Waals surface area contributed by atoms with Crippen molar-refractivity contribution in [3.63, 3.8) is 0 Å². The summed E-state index contributed by atoms with van der Waals surface area (Å²) in [5, 5.41) is 5.54. The van der Waals surface area contributed by atoms with Crippen LogP contribution in [0.5, 0.6) is 23.0 Å². The van der Waals surface area contributed by atoms with Crippen LogP contribution in [0.25, 0.3) is 0 Å². The molecular weight excluding hydrogens is 877 g/mol. The summed E-state index contributed by atoms with van der Waals surface area (Å²) >= 11 is 0. The SMILES string of the molecule is C=C(C)C(=O)OCCc1ccc(C(=O)Nc2ccccc2Oc2ccc(S(=O)(=O)c3ccc(Oc4ccccc4NC(=O)c4ccc(CCOC(=O)C(=C)C)cc4C=O)cc3)cc2)c(C=O)c1. The van der Waals surface area contributed by atoms with Gasteiger partial charge >= 0.3 is 11.9 Å². The number of amides is 2. The Morgan fingerprint density at radius 2 is 0.910 bits per heavy atom. The number of nitrogens with one attached hydrogen (secondary N) is 2. The van der Waals surface area contributed by atoms with E-state index in [4.69, 9.17) is 18.9 Å². The zero-order chi connectivity index (χ0) is 48.1. The lowest BCUT2D eigenvalue weighted by molar-refractivity contribution is -0.139. The van der Waals surface area contributed by atoms with Gasteiger partial charge in [-0.1, -0.05) is 49.6 Å². The number of ether oxygens (including phenoxy) is 4. The first kappa shape index (κ1) is 48.0. The highest BCUT2D eigenvalue weighted by Gasteiger charge is 2.20. The Balaban J connectivity index is 1.07. The summed E-state index contributed by atoms with van der Waals surface area (Å²) in [6.07, 6.45) is 1.78. The van der Waals surface area contributed by atoms with Crippen LogP contribution in [-0.4, -0.2) is 58.0 Å². The molecule has 6 aromatic carbocycles. The topological polar surface area (TPSA) is 198 Å². The van der Waals surface area contributed by atoms with E-state index in [0.717, 1.165) is 0 Å². The van der Waals surface area contributed by atoms with Crippen molar-refractivity contribution in [2.24, 2.45) is 0 Å². The van der Waals surface area contributed by atoms with Gasteiger partial charge in [0.05, 0.1) is 45.5 Å². The van der Waals surface area contributed by atoms with E-state index in [0.29, 0.717) is 47.9 Å². The molecule has 0 saturated heterocycles. The third kappa shape index (κ3) is 12.4. The molecule has 67 heavy (non-hydrogen) atoms. The summed E-state index contributed by atoms with van der Waals surface area (Å²) in [5.74, 6) is -1.12. The number of rotatable bonds is 20. The van der Waals surface area contributed by atoms with E-state index in [1.54, 1.807) is 86.6 Å². The Morgan fingerprint density at radius 3 is 1.27 bits per heavy atom. The predicted octanol–water partition coefficient (Wildman–Crippen LogP) is 9.56. The second kappa shape index (κ2) is 22.0. The summed E-state index contributed by atoms with van der Waals surface area (Å²) in [4.78, 5) is 73.9. The van der Waals surface area contributed by atoms with Gasteiger partial charge in [-0.2, -0.15) is 0 Å². The van der Waals surface area contributed by atoms with Gasteiger partial charge in [0.25, 0.3) is 11.8 Å². The third-order valence-corrected chi connectivity index (χ3v) is 11.7. The fraction of sp³-hybridized carbons (Fsp3) is 0.115. The van der Waals surface area contributed by atoms with Crippen LogP contribution in [0.2, 0.25) is 0 Å². The molecule has 0 spiro atoms. The van der Waals surface area contributed by atoms with E-state index in [2.05, 4.69) is 23.8 Å². The summed E-state index contributed by atoms with van der Waals surface area (Å²) in [6.45, 7) is 10.3. The Labute approximate surface area is 386 Å². The van der Waals surface area contributed by atoms with Gasteiger partial charge in [-0.3, -0.25) is 19.2 Å². The summed E-state index contributed by atoms with van der Waals surface area (Å²) in [7, 11) is -4.01. The second-order valence-electron chi connectivity index (χ2n) is 15.0. The van der Waals surface area contributed by atoms with Gasteiger partial charge in [-0.25, -0.2) is 18.0 Å². The van der Waals surface area contributed by atoms with E-state index in [-0.39, 0.29) is 79.4 Å². The van der Waals surface area contributed by atoms with E-state index >= 15 is 0 Å². The maximum atomic E-state index is 13.7. The molecule has 0 aliphatic carbocycles. The van der Waals surface area contributed by atoms with Gasteiger partial charge in [-0.15, -0.1) is 0 Å². The largest absolute Gasteiger partial charge is 0.462 e. The molecule has 2 amide bonds. The number of carbonyl (C=O) groups is 6. The van der Waals surface area contributed by atoms with E-state index < -0.39 is 33.6 Å². The van der Waals surface area contributed by atoms with Crippen molar-refractivity contribution in [2.75, 3.05) is 23.8 Å². The Bertz CT molecular complexity index is 2800. The Morgan fingerprint density at radius 1 is 0.537 bits per heavy atom. The standard InChI is InChI=1S/C52H44N2O12S/c1-33(2)51(59)63-27-25-35-13-23-43(37(29-35)31-55)49(57)53-45-9-5-7-11-47(45)65-39-15-19-41(20-16-39)67(61,62)42-21-17-40(18-22-42)66-48-12-8-6-10-46(48)54-50(58)44-24-14-36(30-38(44)32-56)26-28-64-52(60)34(3)4/h5-24,29-32H,1,3,25-28H2,2,4H3,(H,53,57)(H,54,58). The van der Waals surface area contributed by atoms with Gasteiger partial charge in [0.1, 0.15) is 11.5 Å². The highest BCUT2D eigenvalue weighted by Crippen LogP contribution is 2.34. The van der Waals surface area contributed by atoms with E-state index in [9.17, 15) is 37.2 Å². The minimum absolute atomic E-state index is 0.0177. The number of sulfone groups is 1. The number of anilines is 2. The monoisotopic (exact) mass is 920 g/mol. The number of carbonyl (C=O) groups excluding carboxylic acids is 6. The number of esters is 2. The number of para-hydroxylation sites is 4. The van der Waals surface area contributed by atoms with Gasteiger partial charge in [0, 0.05) is 35.1 Å². The van der Waals surface area contributed by atoms with Crippen LogP contribution >= 0.6 is 0 Å². The molecule has 0 aromatic heterocycles. The fourth-order valence-electron chi connectivity index (χ4n) is 6.37. The molecule has 2 N–H and O–H groups in total. The fourth-order valence-corrected chi connectivity index (χ4v) is 7.64. The first-order valence-electron chi connectivity index (χ1n) is 20.6. The van der Waals surface area contributed by atoms with Crippen molar-refractivity contribution in [1.29, 1.82) is 0 Å². The molecule has 0 unspecified atom stereocenters. The van der Waals surface area contributed by atoms with Gasteiger partial charge < -0.3 is 29.6 Å². The van der Waals surface area contributed by atoms with Crippen LogP contribution in [0.15, 0.2) is 168 Å². The molecule has 340 valence electrons. The molecular formula is C52H44N2O12S. The van der Waals surface area contributed by atoms with Crippen LogP contribution in [-0.2, 0) is 41.7 Å². The molecule has 0 fully saturated rings. The average Bonchev–Trinajstić information content (AvgIpc) is 3.32. The molecule has 14 nitrogen and oxygen atoms in total. The smallest absolute Gasteiger partial charge is 0.333 e. The lowest BCUT2D eigenvalue weighted by atomic mass is 10.0. The number of hydrogen-bond donors (Lipinski definition) is 2. The normalized spacial score (nSPS) is 10.8. The predicted molar refractivity (Wildman–Crippen MR) is 250 cm³/mol. The first-order chi connectivity index (χ1) is 32.2. The number of aldehydes is 2. The Kier molecular flexibility index (Phi) is 15.8. The number of benzene rings is 6. The van der Waals surface area contributed by atoms with Crippen molar-refractivity contribution in [2.45, 2.75) is 36.5 Å². The van der Waals surface area contributed by atoms with Gasteiger partial charge in [0.15, 0.2) is 24.1 Å². The van der Waals surface area contributed by atoms with Crippen molar-refractivity contribution < 1.29 is 56.1 Å². The molecule has 0 aliphatic heterocycles. The van der Waals surface area contributed by atoms with Crippen molar-refractivity contribution >= 4 is 57.5 Å². The van der Waals surface area contributed by atoms with Crippen LogP contribution in [0, 0.1) is 0 Å². The molecule has 0 aliphatic rings. The van der Waals surface area contributed by atoms with Crippen molar-refractivity contribution in [1.82, 2.24) is 0 Å². The first-order valence-corrected chi connectivity index (χ1v) is 22.1. The quantitative estimate of drug-likeness (QED) is 0.0418.